The number of hydrogen-bond donors (Lipinski definition) is 1. The fourth-order valence-electron chi connectivity index (χ4n) is 2.12. The Morgan fingerprint density at radius 3 is 2.56 bits per heavy atom. The quantitative estimate of drug-likeness (QED) is 0.844. The lowest BCUT2D eigenvalue weighted by Gasteiger charge is -2.33. The molecule has 2 rings (SSSR count). The normalized spacial score (nSPS) is 19.6. The second-order valence-electron chi connectivity index (χ2n) is 3.98. The van der Waals surface area contributed by atoms with Gasteiger partial charge in [0.15, 0.2) is 0 Å². The van der Waals surface area contributed by atoms with Gasteiger partial charge in [-0.05, 0) is 6.07 Å². The van der Waals surface area contributed by atoms with Crippen LogP contribution in [0.5, 0.6) is 0 Å². The maximum Gasteiger partial charge on any atom is 0.128 e. The van der Waals surface area contributed by atoms with Crippen molar-refractivity contribution in [3.8, 4) is 0 Å². The van der Waals surface area contributed by atoms with E-state index in [1.165, 1.54) is 6.07 Å². The molecule has 0 spiro atoms. The van der Waals surface area contributed by atoms with E-state index >= 15 is 0 Å². The van der Waals surface area contributed by atoms with Crippen LogP contribution in [0.3, 0.4) is 0 Å². The molecular formula is C12H16F2N2. The first-order valence-electron chi connectivity index (χ1n) is 5.58. The fourth-order valence-corrected chi connectivity index (χ4v) is 2.12. The molecule has 1 aliphatic rings. The van der Waals surface area contributed by atoms with Crippen molar-refractivity contribution in [1.29, 1.82) is 0 Å². The van der Waals surface area contributed by atoms with E-state index < -0.39 is 12.7 Å². The monoisotopic (exact) mass is 226 g/mol. The van der Waals surface area contributed by atoms with Crippen LogP contribution in [0.1, 0.15) is 11.6 Å². The summed E-state index contributed by atoms with van der Waals surface area (Å²) in [5, 5.41) is 3.20. The summed E-state index contributed by atoms with van der Waals surface area (Å²) in [6.07, 6.45) is 0. The Labute approximate surface area is 94.3 Å². The van der Waals surface area contributed by atoms with E-state index in [1.54, 1.807) is 18.2 Å². The molecule has 2 nitrogen and oxygen atoms in total. The van der Waals surface area contributed by atoms with Gasteiger partial charge in [-0.25, -0.2) is 8.78 Å². The van der Waals surface area contributed by atoms with Gasteiger partial charge < -0.3 is 5.32 Å². The number of nitrogens with zero attached hydrogens (tertiary/aromatic N) is 1. The summed E-state index contributed by atoms with van der Waals surface area (Å²) in [6, 6.07) is 6.00. The highest BCUT2D eigenvalue weighted by Crippen LogP contribution is 2.23. The molecule has 0 aliphatic carbocycles. The Balaban J connectivity index is 2.18. The fraction of sp³-hybridized carbons (Fsp3) is 0.500. The third-order valence-corrected chi connectivity index (χ3v) is 3.00. The first kappa shape index (κ1) is 11.5. The van der Waals surface area contributed by atoms with Gasteiger partial charge in [0.25, 0.3) is 0 Å². The van der Waals surface area contributed by atoms with Gasteiger partial charge in [0.05, 0.1) is 6.04 Å². The Hall–Kier alpha value is -1.00. The molecule has 0 radical (unpaired) electrons. The maximum atomic E-state index is 13.6. The molecule has 1 atom stereocenters. The molecule has 0 unspecified atom stereocenters. The SMILES string of the molecule is FC[C@H](c1ccccc1F)N1CCNCC1. The van der Waals surface area contributed by atoms with Crippen molar-refractivity contribution in [1.82, 2.24) is 10.2 Å². The summed E-state index contributed by atoms with van der Waals surface area (Å²) in [6.45, 7) is 2.67. The lowest BCUT2D eigenvalue weighted by Crippen LogP contribution is -2.45. The average molecular weight is 226 g/mol. The molecule has 0 amide bonds. The Bertz CT molecular complexity index is 338. The molecular weight excluding hydrogens is 210 g/mol. The zero-order chi connectivity index (χ0) is 11.4. The van der Waals surface area contributed by atoms with Gasteiger partial charge in [0, 0.05) is 31.7 Å². The highest BCUT2D eigenvalue weighted by molar-refractivity contribution is 5.21. The van der Waals surface area contributed by atoms with E-state index in [0.717, 1.165) is 26.2 Å². The second kappa shape index (κ2) is 5.37. The molecule has 0 aromatic heterocycles. The zero-order valence-corrected chi connectivity index (χ0v) is 9.13. The maximum absolute atomic E-state index is 13.6. The van der Waals surface area contributed by atoms with Crippen LogP contribution in [0.4, 0.5) is 8.78 Å². The standard InChI is InChI=1S/C12H16F2N2/c13-9-12(16-7-5-15-6-8-16)10-3-1-2-4-11(10)14/h1-4,12,15H,5-9H2/t12-/m1/s1. The van der Waals surface area contributed by atoms with Crippen LogP contribution < -0.4 is 5.32 Å². The molecule has 1 aromatic carbocycles. The molecule has 4 heteroatoms. The molecule has 1 aliphatic heterocycles. The van der Waals surface area contributed by atoms with Crippen molar-refractivity contribution in [2.24, 2.45) is 0 Å². The summed E-state index contributed by atoms with van der Waals surface area (Å²) in [5.74, 6) is -0.316. The minimum absolute atomic E-state index is 0.316. The van der Waals surface area contributed by atoms with Crippen LogP contribution in [0.25, 0.3) is 0 Å². The van der Waals surface area contributed by atoms with Gasteiger partial charge in [0.1, 0.15) is 12.5 Å². The Kier molecular flexibility index (Phi) is 3.85. The number of nitrogens with one attached hydrogen (secondary N) is 1. The summed E-state index contributed by atoms with van der Waals surface area (Å²) < 4.78 is 26.7. The summed E-state index contributed by atoms with van der Waals surface area (Å²) in [4.78, 5) is 1.99. The van der Waals surface area contributed by atoms with Crippen LogP contribution in [0, 0.1) is 5.82 Å². The first-order chi connectivity index (χ1) is 7.83. The number of alkyl halides is 1. The van der Waals surface area contributed by atoms with Crippen LogP contribution in [-0.4, -0.2) is 37.8 Å². The molecule has 1 heterocycles. The molecule has 16 heavy (non-hydrogen) atoms. The Morgan fingerprint density at radius 1 is 1.25 bits per heavy atom. The summed E-state index contributed by atoms with van der Waals surface area (Å²) >= 11 is 0. The number of rotatable bonds is 3. The highest BCUT2D eigenvalue weighted by atomic mass is 19.1. The molecule has 1 aromatic rings. The van der Waals surface area contributed by atoms with Crippen molar-refractivity contribution >= 4 is 0 Å². The molecule has 1 N–H and O–H groups in total. The van der Waals surface area contributed by atoms with Crippen molar-refractivity contribution in [2.45, 2.75) is 6.04 Å². The zero-order valence-electron chi connectivity index (χ0n) is 9.13. The van der Waals surface area contributed by atoms with Crippen molar-refractivity contribution in [3.05, 3.63) is 35.6 Å². The van der Waals surface area contributed by atoms with Crippen molar-refractivity contribution < 1.29 is 8.78 Å². The highest BCUT2D eigenvalue weighted by Gasteiger charge is 2.23. The molecule has 0 bridgehead atoms. The lowest BCUT2D eigenvalue weighted by molar-refractivity contribution is 0.144. The van der Waals surface area contributed by atoms with E-state index in [2.05, 4.69) is 5.32 Å². The number of halogens is 2. The summed E-state index contributed by atoms with van der Waals surface area (Å²) in [5.41, 5.74) is 0.465. The molecule has 1 fully saturated rings. The minimum atomic E-state index is -0.541. The topological polar surface area (TPSA) is 15.3 Å². The average Bonchev–Trinajstić information content (AvgIpc) is 2.34. The van der Waals surface area contributed by atoms with E-state index in [1.807, 2.05) is 4.90 Å². The first-order valence-corrected chi connectivity index (χ1v) is 5.58. The van der Waals surface area contributed by atoms with E-state index in [9.17, 15) is 8.78 Å². The summed E-state index contributed by atoms with van der Waals surface area (Å²) in [7, 11) is 0. The lowest BCUT2D eigenvalue weighted by atomic mass is 10.1. The predicted octanol–water partition coefficient (Wildman–Crippen LogP) is 1.74. The van der Waals surface area contributed by atoms with Crippen LogP contribution in [0.2, 0.25) is 0 Å². The van der Waals surface area contributed by atoms with Gasteiger partial charge in [-0.1, -0.05) is 18.2 Å². The van der Waals surface area contributed by atoms with Gasteiger partial charge in [-0.3, -0.25) is 4.90 Å². The van der Waals surface area contributed by atoms with Crippen LogP contribution in [0.15, 0.2) is 24.3 Å². The molecule has 88 valence electrons. The smallest absolute Gasteiger partial charge is 0.128 e. The molecule has 1 saturated heterocycles. The van der Waals surface area contributed by atoms with Gasteiger partial charge >= 0.3 is 0 Å². The second-order valence-corrected chi connectivity index (χ2v) is 3.98. The van der Waals surface area contributed by atoms with Gasteiger partial charge in [-0.15, -0.1) is 0 Å². The number of hydrogen-bond acceptors (Lipinski definition) is 2. The van der Waals surface area contributed by atoms with E-state index in [0.29, 0.717) is 5.56 Å². The minimum Gasteiger partial charge on any atom is -0.314 e. The Morgan fingerprint density at radius 2 is 1.94 bits per heavy atom. The largest absolute Gasteiger partial charge is 0.314 e. The van der Waals surface area contributed by atoms with Gasteiger partial charge in [-0.2, -0.15) is 0 Å². The van der Waals surface area contributed by atoms with E-state index in [4.69, 9.17) is 0 Å². The number of benzene rings is 1. The molecule has 0 saturated carbocycles. The van der Waals surface area contributed by atoms with Crippen LogP contribution in [-0.2, 0) is 0 Å². The predicted molar refractivity (Wildman–Crippen MR) is 59.6 cm³/mol. The third kappa shape index (κ3) is 2.39. The third-order valence-electron chi connectivity index (χ3n) is 3.00. The van der Waals surface area contributed by atoms with Crippen molar-refractivity contribution in [3.63, 3.8) is 0 Å². The van der Waals surface area contributed by atoms with Crippen molar-refractivity contribution in [2.75, 3.05) is 32.9 Å². The van der Waals surface area contributed by atoms with Crippen LogP contribution >= 0.6 is 0 Å². The van der Waals surface area contributed by atoms with Gasteiger partial charge in [0.2, 0.25) is 0 Å². The van der Waals surface area contributed by atoms with E-state index in [-0.39, 0.29) is 5.82 Å². The number of piperazine rings is 1.